The quantitative estimate of drug-likeness (QED) is 0.808. The highest BCUT2D eigenvalue weighted by atomic mass is 15.2. The number of nitrogens with one attached hydrogen (secondary N) is 1. The van der Waals surface area contributed by atoms with Gasteiger partial charge in [0.1, 0.15) is 0 Å². The molecule has 2 aliphatic heterocycles. The lowest BCUT2D eigenvalue weighted by Gasteiger charge is -2.41. The molecule has 0 amide bonds. The van der Waals surface area contributed by atoms with Crippen LogP contribution in [0.15, 0.2) is 0 Å². The minimum absolute atomic E-state index is 0.686. The number of nitrogens with zero attached hydrogens (tertiary/aromatic N) is 2. The van der Waals surface area contributed by atoms with E-state index in [0.29, 0.717) is 6.04 Å². The Labute approximate surface area is 113 Å². The summed E-state index contributed by atoms with van der Waals surface area (Å²) in [6, 6.07) is 2.25. The molecule has 1 N–H and O–H groups in total. The first-order valence-corrected chi connectivity index (χ1v) is 7.92. The molecule has 0 aliphatic carbocycles. The third-order valence-corrected chi connectivity index (χ3v) is 4.73. The van der Waals surface area contributed by atoms with Gasteiger partial charge in [0.2, 0.25) is 0 Å². The predicted molar refractivity (Wildman–Crippen MR) is 78.0 cm³/mol. The van der Waals surface area contributed by atoms with Crippen molar-refractivity contribution in [2.75, 3.05) is 32.7 Å². The monoisotopic (exact) mass is 253 g/mol. The van der Waals surface area contributed by atoms with E-state index in [-0.39, 0.29) is 0 Å². The average molecular weight is 253 g/mol. The van der Waals surface area contributed by atoms with E-state index in [1.165, 1.54) is 58.4 Å². The zero-order chi connectivity index (χ0) is 13.0. The first-order chi connectivity index (χ1) is 8.70. The van der Waals surface area contributed by atoms with Gasteiger partial charge in [-0.15, -0.1) is 0 Å². The normalized spacial score (nSPS) is 27.5. The topological polar surface area (TPSA) is 18.5 Å². The highest BCUT2D eigenvalue weighted by Crippen LogP contribution is 2.20. The first kappa shape index (κ1) is 14.3. The minimum atomic E-state index is 0.686. The van der Waals surface area contributed by atoms with Crippen molar-refractivity contribution in [2.45, 2.75) is 64.6 Å². The van der Waals surface area contributed by atoms with E-state index in [1.54, 1.807) is 0 Å². The van der Waals surface area contributed by atoms with Crippen LogP contribution in [0.5, 0.6) is 0 Å². The maximum atomic E-state index is 3.65. The predicted octanol–water partition coefficient (Wildman–Crippen LogP) is 1.93. The Morgan fingerprint density at radius 3 is 2.44 bits per heavy atom. The van der Waals surface area contributed by atoms with E-state index in [2.05, 4.69) is 35.9 Å². The second kappa shape index (κ2) is 6.88. The molecule has 3 nitrogen and oxygen atoms in total. The lowest BCUT2D eigenvalue weighted by Crippen LogP contribution is -2.51. The van der Waals surface area contributed by atoms with Crippen molar-refractivity contribution >= 4 is 0 Å². The van der Waals surface area contributed by atoms with Gasteiger partial charge in [-0.25, -0.2) is 0 Å². The summed E-state index contributed by atoms with van der Waals surface area (Å²) in [5, 5.41) is 3.65. The van der Waals surface area contributed by atoms with E-state index in [4.69, 9.17) is 0 Å². The largest absolute Gasteiger partial charge is 0.313 e. The lowest BCUT2D eigenvalue weighted by atomic mass is 10.0. The summed E-state index contributed by atoms with van der Waals surface area (Å²) in [4.78, 5) is 5.35. The molecule has 2 aliphatic rings. The highest BCUT2D eigenvalue weighted by Gasteiger charge is 2.28. The Balaban J connectivity index is 1.85. The van der Waals surface area contributed by atoms with Crippen LogP contribution < -0.4 is 5.32 Å². The molecule has 18 heavy (non-hydrogen) atoms. The average Bonchev–Trinajstić information content (AvgIpc) is 2.89. The number of hydrogen-bond acceptors (Lipinski definition) is 3. The van der Waals surface area contributed by atoms with Crippen molar-refractivity contribution in [3.8, 4) is 0 Å². The van der Waals surface area contributed by atoms with Crippen molar-refractivity contribution < 1.29 is 0 Å². The second-order valence-corrected chi connectivity index (χ2v) is 6.25. The third kappa shape index (κ3) is 3.69. The molecule has 2 saturated heterocycles. The first-order valence-electron chi connectivity index (χ1n) is 7.92. The van der Waals surface area contributed by atoms with Crippen molar-refractivity contribution in [3.05, 3.63) is 0 Å². The molecule has 1 atom stereocenters. The third-order valence-electron chi connectivity index (χ3n) is 4.73. The summed E-state index contributed by atoms with van der Waals surface area (Å²) >= 11 is 0. The zero-order valence-electron chi connectivity index (χ0n) is 12.5. The number of hydrogen-bond donors (Lipinski definition) is 1. The number of piperidine rings is 1. The standard InChI is InChI=1S/C15H31N3/c1-4-17-10-7-15(8-11-17)18(13(2)3)12-14-6-5-9-16-14/h13-16H,4-12H2,1-3H3. The fraction of sp³-hybridized carbons (Fsp3) is 1.00. The second-order valence-electron chi connectivity index (χ2n) is 6.25. The van der Waals surface area contributed by atoms with Crippen molar-refractivity contribution in [1.82, 2.24) is 15.1 Å². The van der Waals surface area contributed by atoms with Crippen LogP contribution in [0.1, 0.15) is 46.5 Å². The molecular formula is C15H31N3. The van der Waals surface area contributed by atoms with Gasteiger partial charge in [-0.2, -0.15) is 0 Å². The molecular weight excluding hydrogens is 222 g/mol. The molecule has 0 saturated carbocycles. The van der Waals surface area contributed by atoms with Gasteiger partial charge in [0.15, 0.2) is 0 Å². The van der Waals surface area contributed by atoms with Crippen LogP contribution >= 0.6 is 0 Å². The van der Waals surface area contributed by atoms with Gasteiger partial charge in [-0.3, -0.25) is 4.90 Å². The maximum Gasteiger partial charge on any atom is 0.0195 e. The van der Waals surface area contributed by atoms with E-state index in [9.17, 15) is 0 Å². The van der Waals surface area contributed by atoms with Gasteiger partial charge >= 0.3 is 0 Å². The Bertz CT molecular complexity index is 228. The number of likely N-dealkylation sites (tertiary alicyclic amines) is 1. The summed E-state index contributed by atoms with van der Waals surface area (Å²) in [6.45, 7) is 13.3. The molecule has 106 valence electrons. The van der Waals surface area contributed by atoms with Gasteiger partial charge in [0, 0.05) is 24.7 Å². The van der Waals surface area contributed by atoms with Gasteiger partial charge in [-0.05, 0) is 65.7 Å². The van der Waals surface area contributed by atoms with Crippen molar-refractivity contribution in [1.29, 1.82) is 0 Å². The summed E-state index contributed by atoms with van der Waals surface area (Å²) < 4.78 is 0. The lowest BCUT2D eigenvalue weighted by molar-refractivity contribution is 0.0795. The fourth-order valence-electron chi connectivity index (χ4n) is 3.52. The Kier molecular flexibility index (Phi) is 5.46. The summed E-state index contributed by atoms with van der Waals surface area (Å²) in [6.07, 6.45) is 5.46. The molecule has 0 aromatic rings. The Hall–Kier alpha value is -0.120. The SMILES string of the molecule is CCN1CCC(N(CC2CCCN2)C(C)C)CC1. The van der Waals surface area contributed by atoms with Gasteiger partial charge < -0.3 is 10.2 Å². The highest BCUT2D eigenvalue weighted by molar-refractivity contribution is 4.86. The molecule has 0 radical (unpaired) electrons. The molecule has 2 rings (SSSR count). The smallest absolute Gasteiger partial charge is 0.0195 e. The summed E-state index contributed by atoms with van der Waals surface area (Å²) in [5.41, 5.74) is 0. The van der Waals surface area contributed by atoms with Crippen LogP contribution in [0, 0.1) is 0 Å². The molecule has 2 heterocycles. The fourth-order valence-corrected chi connectivity index (χ4v) is 3.52. The zero-order valence-corrected chi connectivity index (χ0v) is 12.5. The number of rotatable bonds is 5. The molecule has 0 aromatic heterocycles. The van der Waals surface area contributed by atoms with Crippen LogP contribution in [0.3, 0.4) is 0 Å². The van der Waals surface area contributed by atoms with E-state index < -0.39 is 0 Å². The van der Waals surface area contributed by atoms with Crippen LogP contribution in [-0.4, -0.2) is 60.6 Å². The molecule has 2 fully saturated rings. The molecule has 1 unspecified atom stereocenters. The van der Waals surface area contributed by atoms with Gasteiger partial charge in [0.25, 0.3) is 0 Å². The molecule has 0 bridgehead atoms. The van der Waals surface area contributed by atoms with Crippen molar-refractivity contribution in [2.24, 2.45) is 0 Å². The van der Waals surface area contributed by atoms with Gasteiger partial charge in [-0.1, -0.05) is 6.92 Å². The Morgan fingerprint density at radius 1 is 1.22 bits per heavy atom. The summed E-state index contributed by atoms with van der Waals surface area (Å²) in [7, 11) is 0. The van der Waals surface area contributed by atoms with Crippen LogP contribution in [0.4, 0.5) is 0 Å². The molecule has 3 heteroatoms. The molecule has 0 spiro atoms. The Morgan fingerprint density at radius 2 is 1.94 bits per heavy atom. The van der Waals surface area contributed by atoms with E-state index in [0.717, 1.165) is 12.1 Å². The van der Waals surface area contributed by atoms with Crippen LogP contribution in [-0.2, 0) is 0 Å². The summed E-state index contributed by atoms with van der Waals surface area (Å²) in [5.74, 6) is 0. The molecule has 0 aromatic carbocycles. The maximum absolute atomic E-state index is 3.65. The van der Waals surface area contributed by atoms with E-state index >= 15 is 0 Å². The van der Waals surface area contributed by atoms with Crippen LogP contribution in [0.2, 0.25) is 0 Å². The van der Waals surface area contributed by atoms with E-state index in [1.807, 2.05) is 0 Å². The van der Waals surface area contributed by atoms with Crippen molar-refractivity contribution in [3.63, 3.8) is 0 Å². The minimum Gasteiger partial charge on any atom is -0.313 e. The van der Waals surface area contributed by atoms with Crippen LogP contribution in [0.25, 0.3) is 0 Å². The van der Waals surface area contributed by atoms with Gasteiger partial charge in [0.05, 0.1) is 0 Å².